The number of nitrogens with two attached hydrogens (primary N) is 1. The van der Waals surface area contributed by atoms with Crippen LogP contribution in [0.4, 0.5) is 5.69 Å². The topological polar surface area (TPSA) is 75.4 Å². The average molecular weight is 408 g/mol. The Kier molecular flexibility index (Phi) is 7.41. The molecule has 3 N–H and O–H groups in total. The Morgan fingerprint density at radius 1 is 1.19 bits per heavy atom. The van der Waals surface area contributed by atoms with Crippen molar-refractivity contribution in [2.75, 3.05) is 18.4 Å². The van der Waals surface area contributed by atoms with Crippen molar-refractivity contribution in [3.05, 3.63) is 40.6 Å². The van der Waals surface area contributed by atoms with Gasteiger partial charge >= 0.3 is 0 Å². The molecule has 1 aromatic heterocycles. The second-order valence-corrected chi connectivity index (χ2v) is 7.81. The van der Waals surface area contributed by atoms with E-state index in [1.165, 1.54) is 0 Å². The molecule has 1 aliphatic heterocycles. The number of nitrogens with one attached hydrogen (secondary N) is 1. The van der Waals surface area contributed by atoms with E-state index in [9.17, 15) is 9.59 Å². The van der Waals surface area contributed by atoms with Crippen molar-refractivity contribution in [2.24, 2.45) is 11.7 Å². The highest BCUT2D eigenvalue weighted by atomic mass is 35.5. The van der Waals surface area contributed by atoms with Gasteiger partial charge in [-0.05, 0) is 79.9 Å². The number of primary amides is 1. The van der Waals surface area contributed by atoms with Crippen molar-refractivity contribution in [3.63, 3.8) is 0 Å². The van der Waals surface area contributed by atoms with E-state index in [0.717, 1.165) is 37.1 Å². The molecule has 0 aliphatic carbocycles. The quantitative estimate of drug-likeness (QED) is 0.786. The molecule has 5 nitrogen and oxygen atoms in total. The van der Waals surface area contributed by atoms with Crippen molar-refractivity contribution < 1.29 is 9.59 Å². The molecule has 146 valence electrons. The summed E-state index contributed by atoms with van der Waals surface area (Å²) < 4.78 is 0. The molecule has 0 bridgehead atoms. The number of carbonyl (C=O) groups excluding carboxylic acids is 2. The molecule has 0 radical (unpaired) electrons. The van der Waals surface area contributed by atoms with Crippen molar-refractivity contribution in [1.82, 2.24) is 4.90 Å². The summed E-state index contributed by atoms with van der Waals surface area (Å²) in [6.45, 7) is 6.20. The fraction of sp³-hybridized carbons (Fsp3) is 0.400. The van der Waals surface area contributed by atoms with Gasteiger partial charge in [-0.15, -0.1) is 12.4 Å². The largest absolute Gasteiger partial charge is 0.366 e. The predicted molar refractivity (Wildman–Crippen MR) is 114 cm³/mol. The molecule has 27 heavy (non-hydrogen) atoms. The van der Waals surface area contributed by atoms with E-state index < -0.39 is 5.91 Å². The zero-order valence-corrected chi connectivity index (χ0v) is 17.2. The Morgan fingerprint density at radius 3 is 2.44 bits per heavy atom. The maximum atomic E-state index is 12.7. The molecular weight excluding hydrogens is 382 g/mol. The van der Waals surface area contributed by atoms with E-state index in [1.54, 1.807) is 23.5 Å². The van der Waals surface area contributed by atoms with Gasteiger partial charge in [0.2, 0.25) is 5.91 Å². The third kappa shape index (κ3) is 5.09. The smallest absolute Gasteiger partial charge is 0.250 e. The zero-order chi connectivity index (χ0) is 18.7. The lowest BCUT2D eigenvalue weighted by atomic mass is 9.94. The number of halogens is 1. The molecular formula is C20H26ClN3O2S. The first-order valence-electron chi connectivity index (χ1n) is 8.97. The fourth-order valence-electron chi connectivity index (χ4n) is 3.38. The van der Waals surface area contributed by atoms with Crippen molar-refractivity contribution >= 4 is 41.2 Å². The van der Waals surface area contributed by atoms with Crippen LogP contribution in [-0.4, -0.2) is 35.8 Å². The molecule has 0 saturated carbocycles. The SMILES string of the molecule is CC(C)N1CCC(C(=O)Nc2ccc(-c3ccsc3)cc2C(N)=O)CC1.Cl. The van der Waals surface area contributed by atoms with Gasteiger partial charge in [-0.3, -0.25) is 9.59 Å². The highest BCUT2D eigenvalue weighted by Crippen LogP contribution is 2.28. The van der Waals surface area contributed by atoms with E-state index in [4.69, 9.17) is 5.73 Å². The number of piperidine rings is 1. The standard InChI is InChI=1S/C20H25N3O2S.ClH/c1-13(2)23-8-5-14(6-9-23)20(25)22-18-4-3-15(11-17(18)19(21)24)16-7-10-26-12-16;/h3-4,7,10-14H,5-6,8-9H2,1-2H3,(H2,21,24)(H,22,25);1H. The average Bonchev–Trinajstić information content (AvgIpc) is 3.16. The van der Waals surface area contributed by atoms with Crippen LogP contribution >= 0.6 is 23.7 Å². The molecule has 2 amide bonds. The maximum Gasteiger partial charge on any atom is 0.250 e. The minimum atomic E-state index is -0.535. The van der Waals surface area contributed by atoms with Crippen LogP contribution < -0.4 is 11.1 Å². The highest BCUT2D eigenvalue weighted by Gasteiger charge is 2.26. The lowest BCUT2D eigenvalue weighted by Gasteiger charge is -2.34. The molecule has 0 spiro atoms. The maximum absolute atomic E-state index is 12.7. The van der Waals surface area contributed by atoms with Gasteiger partial charge < -0.3 is 16.0 Å². The van der Waals surface area contributed by atoms with E-state index >= 15 is 0 Å². The van der Waals surface area contributed by atoms with Crippen LogP contribution in [0.25, 0.3) is 11.1 Å². The van der Waals surface area contributed by atoms with Crippen molar-refractivity contribution in [2.45, 2.75) is 32.7 Å². The van der Waals surface area contributed by atoms with Crippen LogP contribution in [0.2, 0.25) is 0 Å². The predicted octanol–water partition coefficient (Wildman–Crippen LogP) is 3.99. The molecule has 1 aliphatic rings. The van der Waals surface area contributed by atoms with E-state index in [2.05, 4.69) is 24.1 Å². The number of hydrogen-bond donors (Lipinski definition) is 2. The Balaban J connectivity index is 0.00000261. The van der Waals surface area contributed by atoms with Gasteiger partial charge in [-0.2, -0.15) is 11.3 Å². The van der Waals surface area contributed by atoms with Crippen molar-refractivity contribution in [1.29, 1.82) is 0 Å². The minimum absolute atomic E-state index is 0. The summed E-state index contributed by atoms with van der Waals surface area (Å²) in [6.07, 6.45) is 1.67. The number of amides is 2. The van der Waals surface area contributed by atoms with Crippen LogP contribution in [-0.2, 0) is 4.79 Å². The number of nitrogens with zero attached hydrogens (tertiary/aromatic N) is 1. The van der Waals surface area contributed by atoms with Gasteiger partial charge in [-0.1, -0.05) is 6.07 Å². The third-order valence-corrected chi connectivity index (χ3v) is 5.71. The summed E-state index contributed by atoms with van der Waals surface area (Å²) in [5.41, 5.74) is 8.35. The first-order chi connectivity index (χ1) is 12.5. The Hall–Kier alpha value is -1.89. The van der Waals surface area contributed by atoms with Crippen LogP contribution in [0, 0.1) is 5.92 Å². The molecule has 1 aromatic carbocycles. The van der Waals surface area contributed by atoms with Gasteiger partial charge in [0.1, 0.15) is 0 Å². The van der Waals surface area contributed by atoms with Crippen LogP contribution in [0.3, 0.4) is 0 Å². The summed E-state index contributed by atoms with van der Waals surface area (Å²) in [5, 5.41) is 6.92. The second-order valence-electron chi connectivity index (χ2n) is 7.03. The normalized spacial score (nSPS) is 15.4. The third-order valence-electron chi connectivity index (χ3n) is 5.03. The van der Waals surface area contributed by atoms with Gasteiger partial charge in [0.25, 0.3) is 5.91 Å². The Morgan fingerprint density at radius 2 is 1.89 bits per heavy atom. The van der Waals surface area contributed by atoms with Gasteiger partial charge in [0.15, 0.2) is 0 Å². The van der Waals surface area contributed by atoms with Gasteiger partial charge in [-0.25, -0.2) is 0 Å². The molecule has 2 aromatic rings. The summed E-state index contributed by atoms with van der Waals surface area (Å²) in [5.74, 6) is -0.589. The Bertz CT molecular complexity index is 785. The Labute approximate surface area is 170 Å². The first kappa shape index (κ1) is 21.4. The number of benzene rings is 1. The molecule has 1 fully saturated rings. The molecule has 7 heteroatoms. The lowest BCUT2D eigenvalue weighted by Crippen LogP contribution is -2.41. The lowest BCUT2D eigenvalue weighted by molar-refractivity contribution is -0.121. The van der Waals surface area contributed by atoms with E-state index in [0.29, 0.717) is 17.3 Å². The summed E-state index contributed by atoms with van der Waals surface area (Å²) in [7, 11) is 0. The number of likely N-dealkylation sites (tertiary alicyclic amines) is 1. The number of hydrogen-bond acceptors (Lipinski definition) is 4. The van der Waals surface area contributed by atoms with Gasteiger partial charge in [0, 0.05) is 12.0 Å². The highest BCUT2D eigenvalue weighted by molar-refractivity contribution is 7.08. The monoisotopic (exact) mass is 407 g/mol. The summed E-state index contributed by atoms with van der Waals surface area (Å²) in [4.78, 5) is 26.9. The van der Waals surface area contributed by atoms with Crippen LogP contribution in [0.1, 0.15) is 37.0 Å². The number of thiophene rings is 1. The number of carbonyl (C=O) groups is 2. The van der Waals surface area contributed by atoms with Crippen LogP contribution in [0.15, 0.2) is 35.0 Å². The molecule has 1 saturated heterocycles. The van der Waals surface area contributed by atoms with Crippen LogP contribution in [0.5, 0.6) is 0 Å². The van der Waals surface area contributed by atoms with E-state index in [1.807, 2.05) is 22.9 Å². The zero-order valence-electron chi connectivity index (χ0n) is 15.6. The van der Waals surface area contributed by atoms with Gasteiger partial charge in [0.05, 0.1) is 11.3 Å². The first-order valence-corrected chi connectivity index (χ1v) is 9.91. The summed E-state index contributed by atoms with van der Waals surface area (Å²) >= 11 is 1.59. The fourth-order valence-corrected chi connectivity index (χ4v) is 4.04. The number of rotatable bonds is 5. The van der Waals surface area contributed by atoms with Crippen molar-refractivity contribution in [3.8, 4) is 11.1 Å². The minimum Gasteiger partial charge on any atom is -0.366 e. The molecule has 2 heterocycles. The molecule has 0 atom stereocenters. The molecule has 0 unspecified atom stereocenters. The second kappa shape index (κ2) is 9.35. The van der Waals surface area contributed by atoms with E-state index in [-0.39, 0.29) is 24.2 Å². The molecule has 3 rings (SSSR count). The summed E-state index contributed by atoms with van der Waals surface area (Å²) in [6, 6.07) is 7.93. The number of anilines is 1.